The van der Waals surface area contributed by atoms with E-state index < -0.39 is 5.38 Å². The summed E-state index contributed by atoms with van der Waals surface area (Å²) in [6.45, 7) is 3.86. The highest BCUT2D eigenvalue weighted by Crippen LogP contribution is 2.14. The van der Waals surface area contributed by atoms with Crippen LogP contribution in [0.1, 0.15) is 24.6 Å². The third-order valence-corrected chi connectivity index (χ3v) is 4.13. The van der Waals surface area contributed by atoms with Crippen LogP contribution >= 0.6 is 11.6 Å². The van der Waals surface area contributed by atoms with Crippen LogP contribution in [0.5, 0.6) is 0 Å². The predicted octanol–water partition coefficient (Wildman–Crippen LogP) is 3.67. The van der Waals surface area contributed by atoms with Crippen molar-refractivity contribution in [3.05, 3.63) is 59.7 Å². The topological polar surface area (TPSA) is 34.5 Å². The van der Waals surface area contributed by atoms with Gasteiger partial charge in [0, 0.05) is 38.7 Å². The van der Waals surface area contributed by atoms with Crippen LogP contribution in [0.15, 0.2) is 42.6 Å². The highest BCUT2D eigenvalue weighted by molar-refractivity contribution is 6.30. The monoisotopic (exact) mass is 366 g/mol. The molecule has 0 fully saturated rings. The molecular formula is C19H24ClFN2O2. The van der Waals surface area contributed by atoms with Crippen LogP contribution in [-0.4, -0.2) is 41.0 Å². The second-order valence-electron chi connectivity index (χ2n) is 5.98. The Bertz CT molecular complexity index is 688. The van der Waals surface area contributed by atoms with Crippen molar-refractivity contribution < 1.29 is 13.9 Å². The zero-order valence-electron chi connectivity index (χ0n) is 14.6. The van der Waals surface area contributed by atoms with Gasteiger partial charge in [0.15, 0.2) is 0 Å². The van der Waals surface area contributed by atoms with Crippen molar-refractivity contribution in [1.29, 1.82) is 0 Å². The largest absolute Gasteiger partial charge is 0.385 e. The number of hydrogen-bond donors (Lipinski definition) is 0. The molecule has 0 aliphatic carbocycles. The summed E-state index contributed by atoms with van der Waals surface area (Å²) in [4.78, 5) is 14.1. The smallest absolute Gasteiger partial charge is 0.240 e. The molecule has 2 rings (SSSR count). The van der Waals surface area contributed by atoms with Gasteiger partial charge in [-0.05, 0) is 43.2 Å². The molecule has 0 aliphatic rings. The zero-order chi connectivity index (χ0) is 18.2. The number of halogens is 2. The lowest BCUT2D eigenvalue weighted by atomic mass is 10.2. The number of rotatable bonds is 9. The van der Waals surface area contributed by atoms with E-state index in [1.807, 2.05) is 29.0 Å². The van der Waals surface area contributed by atoms with E-state index in [0.29, 0.717) is 26.2 Å². The fraction of sp³-hybridized carbons (Fsp3) is 0.421. The molecule has 25 heavy (non-hydrogen) atoms. The van der Waals surface area contributed by atoms with E-state index in [9.17, 15) is 9.18 Å². The molecule has 0 aliphatic heterocycles. The highest BCUT2D eigenvalue weighted by atomic mass is 35.5. The number of aromatic nitrogens is 1. The first-order valence-corrected chi connectivity index (χ1v) is 8.75. The molecule has 1 aromatic heterocycles. The Morgan fingerprint density at radius 1 is 1.36 bits per heavy atom. The summed E-state index contributed by atoms with van der Waals surface area (Å²) in [6.07, 6.45) is 2.68. The van der Waals surface area contributed by atoms with Crippen molar-refractivity contribution in [1.82, 2.24) is 9.47 Å². The van der Waals surface area contributed by atoms with Gasteiger partial charge in [0.2, 0.25) is 5.91 Å². The summed E-state index contributed by atoms with van der Waals surface area (Å²) >= 11 is 5.99. The molecule has 0 N–H and O–H groups in total. The minimum atomic E-state index is -0.575. The average Bonchev–Trinajstić information content (AvgIpc) is 3.00. The normalized spacial score (nSPS) is 12.2. The number of hydrogen-bond acceptors (Lipinski definition) is 2. The highest BCUT2D eigenvalue weighted by Gasteiger charge is 2.19. The van der Waals surface area contributed by atoms with Crippen LogP contribution in [0.3, 0.4) is 0 Å². The van der Waals surface area contributed by atoms with Crippen molar-refractivity contribution in [2.24, 2.45) is 0 Å². The van der Waals surface area contributed by atoms with Gasteiger partial charge in [-0.2, -0.15) is 0 Å². The van der Waals surface area contributed by atoms with Gasteiger partial charge in [0.05, 0.1) is 6.54 Å². The first kappa shape index (κ1) is 19.5. The maximum absolute atomic E-state index is 13.4. The quantitative estimate of drug-likeness (QED) is 0.501. The van der Waals surface area contributed by atoms with Gasteiger partial charge in [-0.1, -0.05) is 12.1 Å². The molecule has 1 unspecified atom stereocenters. The Labute approximate surface area is 153 Å². The van der Waals surface area contributed by atoms with E-state index >= 15 is 0 Å². The molecule has 0 bridgehead atoms. The van der Waals surface area contributed by atoms with Crippen molar-refractivity contribution in [2.45, 2.75) is 31.8 Å². The van der Waals surface area contributed by atoms with E-state index in [4.69, 9.17) is 16.3 Å². The summed E-state index contributed by atoms with van der Waals surface area (Å²) in [6, 6.07) is 10.4. The molecule has 0 spiro atoms. The standard InChI is InChI=1S/C19H24ClFN2O2/c1-15(20)19(24)23(10-5-11-25-2)14-18-8-4-9-22(18)13-16-6-3-7-17(21)12-16/h3-4,6-9,12,15H,5,10-11,13-14H2,1-2H3. The van der Waals surface area contributed by atoms with E-state index in [1.54, 1.807) is 25.0 Å². The van der Waals surface area contributed by atoms with Crippen LogP contribution in [0, 0.1) is 5.82 Å². The Morgan fingerprint density at radius 3 is 2.84 bits per heavy atom. The molecular weight excluding hydrogens is 343 g/mol. The second kappa shape index (κ2) is 9.59. The first-order chi connectivity index (χ1) is 12.0. The van der Waals surface area contributed by atoms with Crippen molar-refractivity contribution in [3.63, 3.8) is 0 Å². The number of amides is 1. The molecule has 2 aromatic rings. The Kier molecular flexibility index (Phi) is 7.47. The fourth-order valence-electron chi connectivity index (χ4n) is 2.69. The summed E-state index contributed by atoms with van der Waals surface area (Å²) in [5, 5.41) is -0.575. The Balaban J connectivity index is 2.11. The van der Waals surface area contributed by atoms with Gasteiger partial charge in [-0.25, -0.2) is 4.39 Å². The molecule has 1 amide bonds. The number of alkyl halides is 1. The van der Waals surface area contributed by atoms with Gasteiger partial charge in [0.1, 0.15) is 11.2 Å². The summed E-state index contributed by atoms with van der Waals surface area (Å²) in [7, 11) is 1.64. The molecule has 6 heteroatoms. The average molecular weight is 367 g/mol. The lowest BCUT2D eigenvalue weighted by molar-refractivity contribution is -0.131. The summed E-state index contributed by atoms with van der Waals surface area (Å²) in [5.41, 5.74) is 1.85. The molecule has 0 radical (unpaired) electrons. The third-order valence-electron chi connectivity index (χ3n) is 3.95. The molecule has 4 nitrogen and oxygen atoms in total. The predicted molar refractivity (Wildman–Crippen MR) is 97.2 cm³/mol. The number of carbonyl (C=O) groups is 1. The SMILES string of the molecule is COCCCN(Cc1cccn1Cc1cccc(F)c1)C(=O)C(C)Cl. The zero-order valence-corrected chi connectivity index (χ0v) is 15.4. The minimum absolute atomic E-state index is 0.101. The minimum Gasteiger partial charge on any atom is -0.385 e. The van der Waals surface area contributed by atoms with Gasteiger partial charge in [0.25, 0.3) is 0 Å². The molecule has 1 aromatic carbocycles. The van der Waals surface area contributed by atoms with Gasteiger partial charge < -0.3 is 14.2 Å². The van der Waals surface area contributed by atoms with E-state index in [0.717, 1.165) is 17.7 Å². The molecule has 0 saturated carbocycles. The van der Waals surface area contributed by atoms with E-state index in [1.165, 1.54) is 12.1 Å². The number of methoxy groups -OCH3 is 1. The van der Waals surface area contributed by atoms with Crippen molar-refractivity contribution in [3.8, 4) is 0 Å². The molecule has 0 saturated heterocycles. The number of ether oxygens (including phenoxy) is 1. The van der Waals surface area contributed by atoms with Gasteiger partial charge >= 0.3 is 0 Å². The maximum Gasteiger partial charge on any atom is 0.240 e. The van der Waals surface area contributed by atoms with E-state index in [2.05, 4.69) is 0 Å². The Hall–Kier alpha value is -1.85. The molecule has 1 heterocycles. The summed E-state index contributed by atoms with van der Waals surface area (Å²) in [5.74, 6) is -0.352. The van der Waals surface area contributed by atoms with Gasteiger partial charge in [-0.3, -0.25) is 4.79 Å². The third kappa shape index (κ3) is 5.87. The molecule has 1 atom stereocenters. The fourth-order valence-corrected chi connectivity index (χ4v) is 2.83. The Morgan fingerprint density at radius 2 is 2.16 bits per heavy atom. The van der Waals surface area contributed by atoms with Crippen LogP contribution in [0.4, 0.5) is 4.39 Å². The van der Waals surface area contributed by atoms with Crippen molar-refractivity contribution >= 4 is 17.5 Å². The van der Waals surface area contributed by atoms with Gasteiger partial charge in [-0.15, -0.1) is 11.6 Å². The van der Waals surface area contributed by atoms with Crippen LogP contribution < -0.4 is 0 Å². The molecule has 136 valence electrons. The van der Waals surface area contributed by atoms with Crippen LogP contribution in [0.25, 0.3) is 0 Å². The van der Waals surface area contributed by atoms with E-state index in [-0.39, 0.29) is 11.7 Å². The van der Waals surface area contributed by atoms with Crippen molar-refractivity contribution in [2.75, 3.05) is 20.3 Å². The van der Waals surface area contributed by atoms with Crippen LogP contribution in [0.2, 0.25) is 0 Å². The lowest BCUT2D eigenvalue weighted by Gasteiger charge is -2.24. The number of carbonyl (C=O) groups excluding carboxylic acids is 1. The summed E-state index contributed by atoms with van der Waals surface area (Å²) < 4.78 is 20.5. The maximum atomic E-state index is 13.4. The second-order valence-corrected chi connectivity index (χ2v) is 6.63. The van der Waals surface area contributed by atoms with Crippen LogP contribution in [-0.2, 0) is 22.6 Å². The number of nitrogens with zero attached hydrogens (tertiary/aromatic N) is 2. The first-order valence-electron chi connectivity index (χ1n) is 8.31. The number of benzene rings is 1. The lowest BCUT2D eigenvalue weighted by Crippen LogP contribution is -2.37.